The van der Waals surface area contributed by atoms with E-state index in [0.717, 1.165) is 16.8 Å². The molecule has 7 nitrogen and oxygen atoms in total. The first kappa shape index (κ1) is 18.4. The van der Waals surface area contributed by atoms with Crippen LogP contribution in [0, 0.1) is 25.2 Å². The van der Waals surface area contributed by atoms with E-state index in [4.69, 9.17) is 31.5 Å². The number of aryl methyl sites for hydroxylation is 2. The molecule has 30 heavy (non-hydrogen) atoms. The van der Waals surface area contributed by atoms with Gasteiger partial charge in [0.25, 0.3) is 0 Å². The summed E-state index contributed by atoms with van der Waals surface area (Å²) in [6, 6.07) is 13.7. The number of fused-ring (bicyclic) bond motifs is 2. The molecule has 2 aliphatic heterocycles. The van der Waals surface area contributed by atoms with Crippen molar-refractivity contribution >= 4 is 11.6 Å². The van der Waals surface area contributed by atoms with Gasteiger partial charge in [-0.15, -0.1) is 0 Å². The van der Waals surface area contributed by atoms with Crippen LogP contribution in [-0.2, 0) is 0 Å². The minimum atomic E-state index is -0.542. The normalized spacial score (nSPS) is 16.8. The van der Waals surface area contributed by atoms with Crippen LogP contribution in [0.4, 0.5) is 0 Å². The SMILES string of the molecule is Cc1ccc(-n2nc(C)c3c2OC(N)=C(C#N)[C@H]3c2ccc3c(c2Cl)OCO3)cc1. The summed E-state index contributed by atoms with van der Waals surface area (Å²) in [5, 5.41) is 14.9. The number of aromatic nitrogens is 2. The minimum Gasteiger partial charge on any atom is -0.454 e. The van der Waals surface area contributed by atoms with Crippen molar-refractivity contribution < 1.29 is 14.2 Å². The number of nitrogens with two attached hydrogens (primary N) is 1. The number of nitriles is 1. The number of allylic oxidation sites excluding steroid dienone is 1. The molecule has 0 spiro atoms. The maximum atomic E-state index is 9.85. The van der Waals surface area contributed by atoms with Crippen molar-refractivity contribution in [3.63, 3.8) is 0 Å². The largest absolute Gasteiger partial charge is 0.454 e. The highest BCUT2D eigenvalue weighted by Gasteiger charge is 2.38. The van der Waals surface area contributed by atoms with Crippen LogP contribution in [0.3, 0.4) is 0 Å². The molecular weight excluding hydrogens is 404 g/mol. The van der Waals surface area contributed by atoms with E-state index in [1.807, 2.05) is 44.2 Å². The molecule has 0 unspecified atom stereocenters. The van der Waals surface area contributed by atoms with Crippen molar-refractivity contribution in [3.8, 4) is 29.1 Å². The number of hydrogen-bond donors (Lipinski definition) is 1. The van der Waals surface area contributed by atoms with Gasteiger partial charge in [-0.05, 0) is 37.6 Å². The predicted octanol–water partition coefficient (Wildman–Crippen LogP) is 4.09. The lowest BCUT2D eigenvalue weighted by Crippen LogP contribution is -2.22. The van der Waals surface area contributed by atoms with Crippen LogP contribution in [-0.4, -0.2) is 16.6 Å². The van der Waals surface area contributed by atoms with Crippen LogP contribution in [0.1, 0.15) is 28.3 Å². The zero-order chi connectivity index (χ0) is 21.0. The molecule has 5 rings (SSSR count). The Hall–Kier alpha value is -3.63. The van der Waals surface area contributed by atoms with E-state index in [0.29, 0.717) is 33.7 Å². The van der Waals surface area contributed by atoms with Gasteiger partial charge in [-0.2, -0.15) is 10.4 Å². The fourth-order valence-corrected chi connectivity index (χ4v) is 4.18. The molecule has 0 aliphatic carbocycles. The Kier molecular flexibility index (Phi) is 4.12. The molecule has 3 heterocycles. The topological polar surface area (TPSA) is 95.3 Å². The Labute approximate surface area is 177 Å². The first-order chi connectivity index (χ1) is 14.5. The van der Waals surface area contributed by atoms with E-state index in [1.165, 1.54) is 0 Å². The summed E-state index contributed by atoms with van der Waals surface area (Å²) >= 11 is 6.67. The van der Waals surface area contributed by atoms with Gasteiger partial charge >= 0.3 is 0 Å². The molecule has 8 heteroatoms. The third-order valence-corrected chi connectivity index (χ3v) is 5.72. The Morgan fingerprint density at radius 3 is 2.67 bits per heavy atom. The summed E-state index contributed by atoms with van der Waals surface area (Å²) < 4.78 is 18.5. The minimum absolute atomic E-state index is 0.0250. The highest BCUT2D eigenvalue weighted by atomic mass is 35.5. The molecular formula is C22H17ClN4O3. The molecule has 2 aliphatic rings. The summed E-state index contributed by atoms with van der Waals surface area (Å²) in [7, 11) is 0. The van der Waals surface area contributed by atoms with Crippen LogP contribution in [0.15, 0.2) is 47.9 Å². The van der Waals surface area contributed by atoms with Gasteiger partial charge in [0, 0.05) is 0 Å². The summed E-state index contributed by atoms with van der Waals surface area (Å²) in [6.45, 7) is 3.99. The molecule has 0 fully saturated rings. The average molecular weight is 421 g/mol. The van der Waals surface area contributed by atoms with E-state index in [-0.39, 0.29) is 18.2 Å². The molecule has 0 saturated carbocycles. The highest BCUT2D eigenvalue weighted by molar-refractivity contribution is 6.33. The van der Waals surface area contributed by atoms with Crippen molar-refractivity contribution in [1.82, 2.24) is 9.78 Å². The van der Waals surface area contributed by atoms with Gasteiger partial charge in [0.05, 0.1) is 27.9 Å². The van der Waals surface area contributed by atoms with Gasteiger partial charge in [0.15, 0.2) is 11.5 Å². The summed E-state index contributed by atoms with van der Waals surface area (Å²) in [6.07, 6.45) is 0. The lowest BCUT2D eigenvalue weighted by Gasteiger charge is -2.25. The van der Waals surface area contributed by atoms with Crippen molar-refractivity contribution in [2.45, 2.75) is 19.8 Å². The fourth-order valence-electron chi connectivity index (χ4n) is 3.86. The fraction of sp³-hybridized carbons (Fsp3) is 0.182. The Morgan fingerprint density at radius 2 is 1.93 bits per heavy atom. The van der Waals surface area contributed by atoms with E-state index < -0.39 is 5.92 Å². The van der Waals surface area contributed by atoms with E-state index in [1.54, 1.807) is 10.7 Å². The molecule has 150 valence electrons. The van der Waals surface area contributed by atoms with Gasteiger partial charge in [-0.1, -0.05) is 35.4 Å². The number of hydrogen-bond acceptors (Lipinski definition) is 6. The second kappa shape index (κ2) is 6.71. The molecule has 3 aromatic rings. The van der Waals surface area contributed by atoms with Crippen molar-refractivity contribution in [1.29, 1.82) is 5.26 Å². The monoisotopic (exact) mass is 420 g/mol. The summed E-state index contributed by atoms with van der Waals surface area (Å²) in [5.74, 6) is 0.976. The quantitative estimate of drug-likeness (QED) is 0.670. The highest BCUT2D eigenvalue weighted by Crippen LogP contribution is 2.50. The molecule has 0 radical (unpaired) electrons. The van der Waals surface area contributed by atoms with Crippen LogP contribution in [0.2, 0.25) is 5.02 Å². The van der Waals surface area contributed by atoms with Gasteiger partial charge in [-0.25, -0.2) is 4.68 Å². The number of benzene rings is 2. The first-order valence-corrected chi connectivity index (χ1v) is 9.69. The number of rotatable bonds is 2. The van der Waals surface area contributed by atoms with Gasteiger partial charge in [0.1, 0.15) is 11.6 Å². The third kappa shape index (κ3) is 2.61. The summed E-state index contributed by atoms with van der Waals surface area (Å²) in [4.78, 5) is 0. The molecule has 0 amide bonds. The Morgan fingerprint density at radius 1 is 1.17 bits per heavy atom. The van der Waals surface area contributed by atoms with E-state index >= 15 is 0 Å². The van der Waals surface area contributed by atoms with Crippen molar-refractivity contribution in [2.24, 2.45) is 5.73 Å². The lowest BCUT2D eigenvalue weighted by atomic mass is 9.84. The third-order valence-electron chi connectivity index (χ3n) is 5.33. The predicted molar refractivity (Wildman–Crippen MR) is 110 cm³/mol. The molecule has 2 N–H and O–H groups in total. The van der Waals surface area contributed by atoms with Crippen molar-refractivity contribution in [2.75, 3.05) is 6.79 Å². The van der Waals surface area contributed by atoms with Crippen molar-refractivity contribution in [3.05, 3.63) is 75.3 Å². The first-order valence-electron chi connectivity index (χ1n) is 9.31. The van der Waals surface area contributed by atoms with Crippen LogP contribution >= 0.6 is 11.6 Å². The smallest absolute Gasteiger partial charge is 0.231 e. The van der Waals surface area contributed by atoms with Gasteiger partial charge in [0.2, 0.25) is 18.6 Å². The van der Waals surface area contributed by atoms with Gasteiger partial charge in [-0.3, -0.25) is 0 Å². The Bertz CT molecular complexity index is 1250. The van der Waals surface area contributed by atoms with Gasteiger partial charge < -0.3 is 19.9 Å². The van der Waals surface area contributed by atoms with Crippen LogP contribution in [0.5, 0.6) is 17.4 Å². The average Bonchev–Trinajstić information content (AvgIpc) is 3.33. The molecule has 0 saturated heterocycles. The number of halogens is 1. The molecule has 2 aromatic carbocycles. The standard InChI is InChI=1S/C22H17ClN4O3/c1-11-3-5-13(6-4-11)27-22-17(12(2)26-27)18(15(9-24)21(25)30-22)14-7-8-16-20(19(14)23)29-10-28-16/h3-8,18H,10,25H2,1-2H3/t18-/m1/s1. The second-order valence-corrected chi connectivity index (χ2v) is 7.56. The van der Waals surface area contributed by atoms with Crippen LogP contribution < -0.4 is 19.9 Å². The van der Waals surface area contributed by atoms with E-state index in [9.17, 15) is 5.26 Å². The van der Waals surface area contributed by atoms with E-state index in [2.05, 4.69) is 11.2 Å². The molecule has 1 atom stereocenters. The zero-order valence-corrected chi connectivity index (χ0v) is 17.0. The number of ether oxygens (including phenoxy) is 3. The second-order valence-electron chi connectivity index (χ2n) is 7.18. The zero-order valence-electron chi connectivity index (χ0n) is 16.3. The Balaban J connectivity index is 1.74. The maximum absolute atomic E-state index is 9.85. The lowest BCUT2D eigenvalue weighted by molar-refractivity contribution is 0.174. The van der Waals surface area contributed by atoms with Crippen LogP contribution in [0.25, 0.3) is 5.69 Å². The summed E-state index contributed by atoms with van der Waals surface area (Å²) in [5.41, 5.74) is 10.5. The molecule has 1 aromatic heterocycles. The molecule has 0 bridgehead atoms. The number of nitrogens with zero attached hydrogens (tertiary/aromatic N) is 3. The maximum Gasteiger partial charge on any atom is 0.231 e.